The maximum atomic E-state index is 4.48. The Hall–Kier alpha value is -0.780. The topological polar surface area (TPSA) is 37.8 Å². The number of aryl methyl sites for hydroxylation is 1. The highest BCUT2D eigenvalue weighted by Crippen LogP contribution is 2.29. The van der Waals surface area contributed by atoms with Crippen LogP contribution in [0.3, 0.4) is 0 Å². The van der Waals surface area contributed by atoms with E-state index in [2.05, 4.69) is 54.1 Å². The lowest BCUT2D eigenvalue weighted by Crippen LogP contribution is -2.20. The fraction of sp³-hybridized carbons (Fsp3) is 0.231. The van der Waals surface area contributed by atoms with Crippen molar-refractivity contribution in [3.63, 3.8) is 0 Å². The fourth-order valence-electron chi connectivity index (χ4n) is 1.86. The van der Waals surface area contributed by atoms with Crippen LogP contribution in [0.5, 0.6) is 0 Å². The molecule has 0 amide bonds. The van der Waals surface area contributed by atoms with Gasteiger partial charge in [-0.25, -0.2) is 0 Å². The summed E-state index contributed by atoms with van der Waals surface area (Å²) in [7, 11) is 1.92. The average molecular weight is 371 g/mol. The second-order valence-corrected chi connectivity index (χ2v) is 5.74. The van der Waals surface area contributed by atoms with Crippen molar-refractivity contribution in [2.75, 3.05) is 7.05 Å². The van der Waals surface area contributed by atoms with Crippen LogP contribution in [0.25, 0.3) is 0 Å². The summed E-state index contributed by atoms with van der Waals surface area (Å²) >= 11 is 6.97. The van der Waals surface area contributed by atoms with Gasteiger partial charge in [-0.15, -0.1) is 0 Å². The van der Waals surface area contributed by atoms with Gasteiger partial charge in [-0.2, -0.15) is 0 Å². The third kappa shape index (κ3) is 2.79. The molecule has 0 radical (unpaired) electrons. The zero-order valence-electron chi connectivity index (χ0n) is 10.1. The van der Waals surface area contributed by atoms with Crippen LogP contribution in [0, 0.1) is 6.92 Å². The molecule has 0 aromatic carbocycles. The third-order valence-corrected chi connectivity index (χ3v) is 3.86. The van der Waals surface area contributed by atoms with Crippen LogP contribution in [0.1, 0.15) is 22.9 Å². The van der Waals surface area contributed by atoms with Gasteiger partial charge in [0.1, 0.15) is 0 Å². The predicted molar refractivity (Wildman–Crippen MR) is 79.5 cm³/mol. The predicted octanol–water partition coefficient (Wildman–Crippen LogP) is 3.62. The van der Waals surface area contributed by atoms with Crippen LogP contribution in [-0.2, 0) is 0 Å². The monoisotopic (exact) mass is 369 g/mol. The number of hydrogen-bond acceptors (Lipinski definition) is 3. The molecule has 0 fully saturated rings. The molecule has 0 aliphatic heterocycles. The van der Waals surface area contributed by atoms with Gasteiger partial charge in [0, 0.05) is 27.5 Å². The molecule has 2 aromatic heterocycles. The third-order valence-electron chi connectivity index (χ3n) is 2.79. The van der Waals surface area contributed by atoms with Crippen molar-refractivity contribution in [1.29, 1.82) is 0 Å². The van der Waals surface area contributed by atoms with Crippen molar-refractivity contribution >= 4 is 31.9 Å². The van der Waals surface area contributed by atoms with Crippen molar-refractivity contribution < 1.29 is 0 Å². The Morgan fingerprint density at radius 1 is 1.28 bits per heavy atom. The van der Waals surface area contributed by atoms with Crippen LogP contribution in [0.4, 0.5) is 0 Å². The van der Waals surface area contributed by atoms with Gasteiger partial charge in [0.25, 0.3) is 0 Å². The van der Waals surface area contributed by atoms with Crippen molar-refractivity contribution in [2.45, 2.75) is 13.0 Å². The number of pyridine rings is 2. The molecule has 0 aliphatic rings. The minimum atomic E-state index is 0.0289. The number of hydrogen-bond donors (Lipinski definition) is 1. The zero-order valence-corrected chi connectivity index (χ0v) is 13.3. The quantitative estimate of drug-likeness (QED) is 0.896. The van der Waals surface area contributed by atoms with Crippen LogP contribution >= 0.6 is 31.9 Å². The molecule has 5 heteroatoms. The van der Waals surface area contributed by atoms with Gasteiger partial charge in [-0.05, 0) is 69.1 Å². The van der Waals surface area contributed by atoms with Gasteiger partial charge in [-0.1, -0.05) is 0 Å². The van der Waals surface area contributed by atoms with Crippen molar-refractivity contribution in [1.82, 2.24) is 15.3 Å². The minimum Gasteiger partial charge on any atom is -0.308 e. The molecule has 0 spiro atoms. The Bertz CT molecular complexity index is 558. The Kier molecular flexibility index (Phi) is 4.48. The van der Waals surface area contributed by atoms with Gasteiger partial charge in [0.05, 0.1) is 11.7 Å². The number of nitrogens with zero attached hydrogens (tertiary/aromatic N) is 2. The zero-order chi connectivity index (χ0) is 13.1. The lowest BCUT2D eigenvalue weighted by atomic mass is 10.0. The van der Waals surface area contributed by atoms with E-state index in [-0.39, 0.29) is 6.04 Å². The number of nitrogens with one attached hydrogen (secondary N) is 1. The number of aromatic nitrogens is 2. The van der Waals surface area contributed by atoms with E-state index in [1.54, 1.807) is 12.4 Å². The second-order valence-electron chi connectivity index (χ2n) is 3.97. The van der Waals surface area contributed by atoms with Crippen molar-refractivity contribution in [2.24, 2.45) is 0 Å². The molecule has 0 saturated heterocycles. The molecule has 1 N–H and O–H groups in total. The Morgan fingerprint density at radius 3 is 2.67 bits per heavy atom. The molecule has 2 heterocycles. The van der Waals surface area contributed by atoms with E-state index in [9.17, 15) is 0 Å². The highest BCUT2D eigenvalue weighted by atomic mass is 79.9. The molecule has 94 valence electrons. The molecule has 2 aromatic rings. The van der Waals surface area contributed by atoms with Crippen LogP contribution in [0.2, 0.25) is 0 Å². The van der Waals surface area contributed by atoms with Crippen molar-refractivity contribution in [3.05, 3.63) is 56.5 Å². The average Bonchev–Trinajstić information content (AvgIpc) is 2.34. The van der Waals surface area contributed by atoms with Crippen molar-refractivity contribution in [3.8, 4) is 0 Å². The highest BCUT2D eigenvalue weighted by molar-refractivity contribution is 9.11. The van der Waals surface area contributed by atoms with E-state index in [1.165, 1.54) is 5.56 Å². The molecule has 0 saturated carbocycles. The first kappa shape index (κ1) is 13.6. The molecule has 0 aliphatic carbocycles. The molecular weight excluding hydrogens is 358 g/mol. The smallest absolute Gasteiger partial charge is 0.0778 e. The van der Waals surface area contributed by atoms with Gasteiger partial charge in [-0.3, -0.25) is 9.97 Å². The van der Waals surface area contributed by atoms with E-state index in [0.29, 0.717) is 0 Å². The van der Waals surface area contributed by atoms with Gasteiger partial charge < -0.3 is 5.32 Å². The second kappa shape index (κ2) is 5.91. The highest BCUT2D eigenvalue weighted by Gasteiger charge is 2.18. The molecule has 1 unspecified atom stereocenters. The summed E-state index contributed by atoms with van der Waals surface area (Å²) in [5.74, 6) is 0. The summed E-state index contributed by atoms with van der Waals surface area (Å²) in [6.45, 7) is 2.08. The van der Waals surface area contributed by atoms with Crippen LogP contribution in [-0.4, -0.2) is 17.0 Å². The lowest BCUT2D eigenvalue weighted by molar-refractivity contribution is 0.660. The maximum Gasteiger partial charge on any atom is 0.0778 e. The largest absolute Gasteiger partial charge is 0.308 e. The van der Waals surface area contributed by atoms with Gasteiger partial charge in [0.2, 0.25) is 0 Å². The van der Waals surface area contributed by atoms with Gasteiger partial charge in [0.15, 0.2) is 0 Å². The normalized spacial score (nSPS) is 12.4. The van der Waals surface area contributed by atoms with Gasteiger partial charge >= 0.3 is 0 Å². The summed E-state index contributed by atoms with van der Waals surface area (Å²) in [6, 6.07) is 4.03. The summed E-state index contributed by atoms with van der Waals surface area (Å²) in [5, 5.41) is 3.29. The van der Waals surface area contributed by atoms with E-state index in [0.717, 1.165) is 20.2 Å². The molecule has 3 nitrogen and oxygen atoms in total. The molecule has 1 atom stereocenters. The Morgan fingerprint density at radius 2 is 2.06 bits per heavy atom. The fourth-order valence-corrected chi connectivity index (χ4v) is 3.07. The summed E-state index contributed by atoms with van der Waals surface area (Å²) < 4.78 is 1.93. The van der Waals surface area contributed by atoms with E-state index in [4.69, 9.17) is 0 Å². The summed E-state index contributed by atoms with van der Waals surface area (Å²) in [4.78, 5) is 8.68. The minimum absolute atomic E-state index is 0.0289. The molecular formula is C13H13Br2N3. The Labute approximate surface area is 123 Å². The maximum absolute atomic E-state index is 4.48. The van der Waals surface area contributed by atoms with E-state index < -0.39 is 0 Å². The first-order valence-corrected chi connectivity index (χ1v) is 7.10. The first-order chi connectivity index (χ1) is 8.63. The summed E-state index contributed by atoms with van der Waals surface area (Å²) in [5.41, 5.74) is 3.29. The lowest BCUT2D eigenvalue weighted by Gasteiger charge is -2.19. The SMILES string of the molecule is CNC(c1cnccc1C)c1ncc(Br)cc1Br. The summed E-state index contributed by atoms with van der Waals surface area (Å²) in [6.07, 6.45) is 5.48. The molecule has 0 bridgehead atoms. The molecule has 2 rings (SSSR count). The standard InChI is InChI=1S/C13H13Br2N3/c1-8-3-4-17-7-10(8)12(16-2)13-11(15)5-9(14)6-18-13/h3-7,12,16H,1-2H3. The van der Waals surface area contributed by atoms with E-state index in [1.807, 2.05) is 25.4 Å². The van der Waals surface area contributed by atoms with Crippen LogP contribution < -0.4 is 5.32 Å². The Balaban J connectivity index is 2.49. The van der Waals surface area contributed by atoms with Crippen LogP contribution in [0.15, 0.2) is 39.7 Å². The van der Waals surface area contributed by atoms with E-state index >= 15 is 0 Å². The molecule has 18 heavy (non-hydrogen) atoms. The number of halogens is 2. The number of rotatable bonds is 3. The first-order valence-electron chi connectivity index (χ1n) is 5.52.